The lowest BCUT2D eigenvalue weighted by Gasteiger charge is -2.36. The summed E-state index contributed by atoms with van der Waals surface area (Å²) < 4.78 is 93.3. The number of hydrogen-bond acceptors (Lipinski definition) is 7. The second-order valence-corrected chi connectivity index (χ2v) is 11.2. The van der Waals surface area contributed by atoms with E-state index in [9.17, 15) is 35.2 Å². The number of rotatable bonds is 5. The molecule has 2 fully saturated rings. The van der Waals surface area contributed by atoms with Crippen LogP contribution in [0, 0.1) is 17.6 Å². The molecule has 0 bridgehead atoms. The summed E-state index contributed by atoms with van der Waals surface area (Å²) in [7, 11) is -3.92. The Hall–Kier alpha value is -2.35. The smallest absolute Gasteiger partial charge is 0.347 e. The minimum atomic E-state index is -4.60. The lowest BCUT2D eigenvalue weighted by atomic mass is 9.97. The Balaban J connectivity index is 1.37. The number of benzene rings is 1. The topological polar surface area (TPSA) is 83.5 Å². The molecule has 3 heterocycles. The van der Waals surface area contributed by atoms with Crippen molar-refractivity contribution in [2.45, 2.75) is 42.8 Å². The van der Waals surface area contributed by atoms with Gasteiger partial charge in [-0.2, -0.15) is 22.5 Å². The minimum absolute atomic E-state index is 0.0496. The summed E-state index contributed by atoms with van der Waals surface area (Å²) in [5, 5.41) is 0.187. The molecule has 0 radical (unpaired) electrons. The number of hydrogen-bond donors (Lipinski definition) is 0. The predicted octanol–water partition coefficient (Wildman–Crippen LogP) is 3.30. The van der Waals surface area contributed by atoms with Gasteiger partial charge in [0.2, 0.25) is 16.9 Å². The lowest BCUT2D eigenvalue weighted by Crippen LogP contribution is -2.46. The number of piperidine rings is 1. The molecule has 0 aliphatic carbocycles. The van der Waals surface area contributed by atoms with Crippen molar-refractivity contribution in [2.24, 2.45) is 5.92 Å². The number of halogens is 5. The van der Waals surface area contributed by atoms with Gasteiger partial charge in [0, 0.05) is 49.4 Å². The summed E-state index contributed by atoms with van der Waals surface area (Å²) >= 11 is 0.684. The highest BCUT2D eigenvalue weighted by atomic mass is 32.2. The van der Waals surface area contributed by atoms with Crippen LogP contribution >= 0.6 is 11.5 Å². The molecular weight excluding hydrogens is 503 g/mol. The van der Waals surface area contributed by atoms with Gasteiger partial charge in [-0.15, -0.1) is 0 Å². The average Bonchev–Trinajstić information content (AvgIpc) is 3.38. The van der Waals surface area contributed by atoms with Crippen LogP contribution in [-0.4, -0.2) is 60.5 Å². The molecule has 0 saturated carbocycles. The molecule has 1 atom stereocenters. The Morgan fingerprint density at radius 1 is 1.09 bits per heavy atom. The fraction of sp³-hybridized carbons (Fsp3) is 0.550. The standard InChI is InChI=1S/C20H21F5N4O3S2/c1-34(31,32)16-10-14(21)12(9-15(16)22)8-11-2-7-29(17(11)30)13-3-5-28(6-4-13)19-26-18(27-33-19)20(23,24)25/h9-11,13H,2-8H2,1H3/t11-/m1/s1. The maximum Gasteiger partial charge on any atom is 0.452 e. The first kappa shape index (κ1) is 24.8. The molecule has 0 N–H and O–H groups in total. The normalized spacial score (nSPS) is 20.4. The third-order valence-corrected chi connectivity index (χ3v) is 8.05. The second-order valence-electron chi connectivity index (χ2n) is 8.48. The summed E-state index contributed by atoms with van der Waals surface area (Å²) in [4.78, 5) is 19.2. The zero-order chi connectivity index (χ0) is 24.8. The first-order chi connectivity index (χ1) is 15.8. The van der Waals surface area contributed by atoms with Gasteiger partial charge in [-0.3, -0.25) is 4.79 Å². The van der Waals surface area contributed by atoms with Crippen LogP contribution in [0.2, 0.25) is 0 Å². The van der Waals surface area contributed by atoms with Crippen LogP contribution in [0.1, 0.15) is 30.7 Å². The van der Waals surface area contributed by atoms with Crippen LogP contribution in [0.5, 0.6) is 0 Å². The molecule has 0 spiro atoms. The number of alkyl halides is 3. The summed E-state index contributed by atoms with van der Waals surface area (Å²) in [6.45, 7) is 1.27. The fourth-order valence-electron chi connectivity index (χ4n) is 4.42. The van der Waals surface area contributed by atoms with Gasteiger partial charge >= 0.3 is 6.18 Å². The Morgan fingerprint density at radius 2 is 1.76 bits per heavy atom. The van der Waals surface area contributed by atoms with Crippen molar-refractivity contribution in [1.29, 1.82) is 0 Å². The number of amides is 1. The van der Waals surface area contributed by atoms with E-state index in [2.05, 4.69) is 9.36 Å². The monoisotopic (exact) mass is 524 g/mol. The van der Waals surface area contributed by atoms with Crippen LogP contribution in [-0.2, 0) is 27.2 Å². The van der Waals surface area contributed by atoms with Gasteiger partial charge in [-0.05, 0) is 43.4 Å². The number of carbonyl (C=O) groups excluding carboxylic acids is 1. The molecule has 1 aromatic carbocycles. The molecule has 7 nitrogen and oxygen atoms in total. The molecule has 14 heteroatoms. The summed E-state index contributed by atoms with van der Waals surface area (Å²) in [6.07, 6.45) is -2.35. The van der Waals surface area contributed by atoms with Crippen molar-refractivity contribution in [3.8, 4) is 0 Å². The highest BCUT2D eigenvalue weighted by Crippen LogP contribution is 2.33. The fourth-order valence-corrected chi connectivity index (χ4v) is 5.89. The number of likely N-dealkylation sites (tertiary alicyclic amines) is 1. The van der Waals surface area contributed by atoms with Gasteiger partial charge in [0.25, 0.3) is 0 Å². The van der Waals surface area contributed by atoms with Gasteiger partial charge in [-0.1, -0.05) is 0 Å². The molecule has 1 aromatic heterocycles. The molecule has 34 heavy (non-hydrogen) atoms. The zero-order valence-electron chi connectivity index (χ0n) is 18.0. The third-order valence-electron chi connectivity index (χ3n) is 6.16. The maximum absolute atomic E-state index is 14.4. The molecule has 186 valence electrons. The van der Waals surface area contributed by atoms with E-state index in [0.29, 0.717) is 56.5 Å². The van der Waals surface area contributed by atoms with E-state index in [0.717, 1.165) is 12.3 Å². The van der Waals surface area contributed by atoms with E-state index in [4.69, 9.17) is 0 Å². The largest absolute Gasteiger partial charge is 0.452 e. The van der Waals surface area contributed by atoms with Crippen LogP contribution < -0.4 is 4.90 Å². The first-order valence-corrected chi connectivity index (χ1v) is 13.2. The van der Waals surface area contributed by atoms with E-state index in [1.807, 2.05) is 0 Å². The van der Waals surface area contributed by atoms with Crippen molar-refractivity contribution in [3.05, 3.63) is 35.2 Å². The number of aromatic nitrogens is 2. The molecule has 2 aliphatic rings. The van der Waals surface area contributed by atoms with Gasteiger partial charge in [0.05, 0.1) is 0 Å². The highest BCUT2D eigenvalue weighted by Gasteiger charge is 2.39. The highest BCUT2D eigenvalue weighted by molar-refractivity contribution is 7.90. The van der Waals surface area contributed by atoms with E-state index in [-0.39, 0.29) is 29.1 Å². The molecule has 1 amide bonds. The molecular formula is C20H21F5N4O3S2. The van der Waals surface area contributed by atoms with Crippen molar-refractivity contribution in [2.75, 3.05) is 30.8 Å². The molecule has 4 rings (SSSR count). The molecule has 2 aromatic rings. The second kappa shape index (κ2) is 9.02. The molecule has 2 aliphatic heterocycles. The maximum atomic E-state index is 14.4. The van der Waals surface area contributed by atoms with Gasteiger partial charge in [-0.25, -0.2) is 17.2 Å². The van der Waals surface area contributed by atoms with Gasteiger partial charge < -0.3 is 9.80 Å². The SMILES string of the molecule is CS(=O)(=O)c1cc(F)c(C[C@H]2CCN(C3CCN(c4nc(C(F)(F)F)ns4)CC3)C2=O)cc1F. The zero-order valence-corrected chi connectivity index (χ0v) is 19.6. The summed E-state index contributed by atoms with van der Waals surface area (Å²) in [6, 6.07) is 1.36. The number of nitrogens with zero attached hydrogens (tertiary/aromatic N) is 4. The minimum Gasteiger partial charge on any atom is -0.347 e. The number of carbonyl (C=O) groups is 1. The van der Waals surface area contributed by atoms with E-state index < -0.39 is 44.3 Å². The Bertz CT molecular complexity index is 1190. The summed E-state index contributed by atoms with van der Waals surface area (Å²) in [5.74, 6) is -3.86. The van der Waals surface area contributed by atoms with Crippen LogP contribution in [0.4, 0.5) is 27.1 Å². The van der Waals surface area contributed by atoms with Crippen LogP contribution in [0.15, 0.2) is 17.0 Å². The lowest BCUT2D eigenvalue weighted by molar-refractivity contribution is -0.144. The molecule has 0 unspecified atom stereocenters. The van der Waals surface area contributed by atoms with Gasteiger partial charge in [0.15, 0.2) is 9.84 Å². The Kier molecular flexibility index (Phi) is 6.57. The van der Waals surface area contributed by atoms with Crippen molar-refractivity contribution in [1.82, 2.24) is 14.3 Å². The van der Waals surface area contributed by atoms with E-state index in [1.54, 1.807) is 9.80 Å². The number of sulfone groups is 1. The first-order valence-electron chi connectivity index (χ1n) is 10.5. The van der Waals surface area contributed by atoms with Crippen molar-refractivity contribution in [3.63, 3.8) is 0 Å². The predicted molar refractivity (Wildman–Crippen MR) is 113 cm³/mol. The Morgan fingerprint density at radius 3 is 2.35 bits per heavy atom. The quantitative estimate of drug-likeness (QED) is 0.559. The molecule has 2 saturated heterocycles. The van der Waals surface area contributed by atoms with Crippen molar-refractivity contribution < 1.29 is 35.2 Å². The summed E-state index contributed by atoms with van der Waals surface area (Å²) in [5.41, 5.74) is -0.0587. The van der Waals surface area contributed by atoms with Gasteiger partial charge in [0.1, 0.15) is 16.5 Å². The number of anilines is 1. The van der Waals surface area contributed by atoms with E-state index >= 15 is 0 Å². The Labute approximate surface area is 196 Å². The third kappa shape index (κ3) is 5.02. The average molecular weight is 525 g/mol. The van der Waals surface area contributed by atoms with Crippen LogP contribution in [0.25, 0.3) is 0 Å². The van der Waals surface area contributed by atoms with Crippen molar-refractivity contribution >= 4 is 32.4 Å². The van der Waals surface area contributed by atoms with Crippen LogP contribution in [0.3, 0.4) is 0 Å². The van der Waals surface area contributed by atoms with E-state index in [1.165, 1.54) is 0 Å².